The van der Waals surface area contributed by atoms with Gasteiger partial charge in [0.15, 0.2) is 0 Å². The number of nitrogens with two attached hydrogens (primary N) is 1. The van der Waals surface area contributed by atoms with Crippen molar-refractivity contribution in [3.05, 3.63) is 90.5 Å². The molecule has 30 heavy (non-hydrogen) atoms. The third-order valence-corrected chi connectivity index (χ3v) is 4.32. The molecule has 0 fully saturated rings. The molecule has 0 radical (unpaired) electrons. The highest BCUT2D eigenvalue weighted by Gasteiger charge is 2.16. The number of benzene rings is 3. The standard InChI is InChI=1S/C24H24N2O4/c25-22(14-15-23(27)29-17-18-8-3-1-4-9-18)24(28)26-19-10-7-13-21(16-19)30-20-11-5-2-6-12-20/h1-13,16,22H,14-15,17,25H2,(H,26,28). The van der Waals surface area contributed by atoms with E-state index in [1.807, 2.05) is 60.7 Å². The summed E-state index contributed by atoms with van der Waals surface area (Å²) in [4.78, 5) is 24.2. The molecule has 3 N–H and O–H groups in total. The van der Waals surface area contributed by atoms with E-state index in [0.717, 1.165) is 5.56 Å². The van der Waals surface area contributed by atoms with E-state index in [1.54, 1.807) is 24.3 Å². The number of carbonyl (C=O) groups excluding carboxylic acids is 2. The molecule has 1 unspecified atom stereocenters. The van der Waals surface area contributed by atoms with Crippen molar-refractivity contribution in [1.82, 2.24) is 0 Å². The van der Waals surface area contributed by atoms with Crippen molar-refractivity contribution in [3.63, 3.8) is 0 Å². The van der Waals surface area contributed by atoms with Gasteiger partial charge in [0.25, 0.3) is 0 Å². The van der Waals surface area contributed by atoms with Crippen molar-refractivity contribution in [3.8, 4) is 11.5 Å². The molecule has 0 aliphatic carbocycles. The summed E-state index contributed by atoms with van der Waals surface area (Å²) in [5.74, 6) is 0.534. The number of rotatable bonds is 9. The summed E-state index contributed by atoms with van der Waals surface area (Å²) >= 11 is 0. The molecule has 3 aromatic rings. The van der Waals surface area contributed by atoms with Crippen molar-refractivity contribution in [2.75, 3.05) is 5.32 Å². The number of ether oxygens (including phenoxy) is 2. The molecule has 0 aliphatic rings. The average molecular weight is 404 g/mol. The Labute approximate surface area is 175 Å². The number of amides is 1. The molecule has 3 rings (SSSR count). The zero-order valence-electron chi connectivity index (χ0n) is 16.5. The molecule has 0 saturated heterocycles. The molecule has 154 valence electrons. The maximum atomic E-state index is 12.3. The quantitative estimate of drug-likeness (QED) is 0.520. The van der Waals surface area contributed by atoms with Gasteiger partial charge in [-0.05, 0) is 36.2 Å². The Balaban J connectivity index is 1.44. The smallest absolute Gasteiger partial charge is 0.306 e. The fourth-order valence-corrected chi connectivity index (χ4v) is 2.71. The Morgan fingerprint density at radius 1 is 0.867 bits per heavy atom. The molecule has 0 saturated carbocycles. The van der Waals surface area contributed by atoms with Gasteiger partial charge in [0.1, 0.15) is 18.1 Å². The van der Waals surface area contributed by atoms with Crippen LogP contribution in [0, 0.1) is 0 Å². The molecule has 0 heterocycles. The maximum absolute atomic E-state index is 12.3. The van der Waals surface area contributed by atoms with Crippen LogP contribution in [-0.4, -0.2) is 17.9 Å². The molecule has 0 bridgehead atoms. The van der Waals surface area contributed by atoms with Gasteiger partial charge in [-0.1, -0.05) is 54.6 Å². The van der Waals surface area contributed by atoms with E-state index >= 15 is 0 Å². The number of hydrogen-bond donors (Lipinski definition) is 2. The van der Waals surface area contributed by atoms with Crippen molar-refractivity contribution in [1.29, 1.82) is 0 Å². The number of para-hydroxylation sites is 1. The van der Waals surface area contributed by atoms with E-state index in [-0.39, 0.29) is 31.3 Å². The third kappa shape index (κ3) is 6.76. The van der Waals surface area contributed by atoms with E-state index in [1.165, 1.54) is 0 Å². The monoisotopic (exact) mass is 404 g/mol. The molecular weight excluding hydrogens is 380 g/mol. The van der Waals surface area contributed by atoms with E-state index in [4.69, 9.17) is 15.2 Å². The van der Waals surface area contributed by atoms with Gasteiger partial charge >= 0.3 is 5.97 Å². The Morgan fingerprint density at radius 2 is 1.53 bits per heavy atom. The lowest BCUT2D eigenvalue weighted by Gasteiger charge is -2.13. The fourth-order valence-electron chi connectivity index (χ4n) is 2.71. The summed E-state index contributed by atoms with van der Waals surface area (Å²) in [6, 6.07) is 25.0. The molecule has 1 atom stereocenters. The molecule has 1 amide bonds. The van der Waals surface area contributed by atoms with Crippen LogP contribution < -0.4 is 15.8 Å². The second kappa shape index (κ2) is 10.8. The first-order chi connectivity index (χ1) is 14.6. The zero-order chi connectivity index (χ0) is 21.2. The molecule has 0 spiro atoms. The number of carbonyl (C=O) groups is 2. The number of esters is 1. The largest absolute Gasteiger partial charge is 0.461 e. The summed E-state index contributed by atoms with van der Waals surface area (Å²) in [6.07, 6.45) is 0.262. The third-order valence-electron chi connectivity index (χ3n) is 4.32. The molecule has 0 aromatic heterocycles. The Hall–Kier alpha value is -3.64. The summed E-state index contributed by atoms with van der Waals surface area (Å²) < 4.78 is 11.0. The minimum absolute atomic E-state index is 0.0680. The molecule has 3 aromatic carbocycles. The van der Waals surface area contributed by atoms with Crippen LogP contribution in [-0.2, 0) is 20.9 Å². The van der Waals surface area contributed by atoms with Crippen LogP contribution >= 0.6 is 0 Å². The first kappa shape index (κ1) is 21.1. The van der Waals surface area contributed by atoms with Crippen molar-refractivity contribution in [2.24, 2.45) is 5.73 Å². The Morgan fingerprint density at radius 3 is 2.27 bits per heavy atom. The summed E-state index contributed by atoms with van der Waals surface area (Å²) in [5.41, 5.74) is 7.40. The molecule has 0 aliphatic heterocycles. The minimum Gasteiger partial charge on any atom is -0.461 e. The highest BCUT2D eigenvalue weighted by atomic mass is 16.5. The lowest BCUT2D eigenvalue weighted by atomic mass is 10.1. The van der Waals surface area contributed by atoms with Crippen molar-refractivity contribution in [2.45, 2.75) is 25.5 Å². The number of hydrogen-bond acceptors (Lipinski definition) is 5. The van der Waals surface area contributed by atoms with Crippen molar-refractivity contribution >= 4 is 17.6 Å². The number of nitrogens with one attached hydrogen (secondary N) is 1. The van der Waals surface area contributed by atoms with E-state index < -0.39 is 6.04 Å². The molecule has 6 nitrogen and oxygen atoms in total. The molecular formula is C24H24N2O4. The van der Waals surface area contributed by atoms with Gasteiger partial charge in [0.05, 0.1) is 6.04 Å². The minimum atomic E-state index is -0.826. The van der Waals surface area contributed by atoms with Crippen LogP contribution in [0.4, 0.5) is 5.69 Å². The zero-order valence-corrected chi connectivity index (χ0v) is 16.5. The van der Waals surface area contributed by atoms with Gasteiger partial charge in [-0.2, -0.15) is 0 Å². The highest BCUT2D eigenvalue weighted by Crippen LogP contribution is 2.24. The SMILES string of the molecule is NC(CCC(=O)OCc1ccccc1)C(=O)Nc1cccc(Oc2ccccc2)c1. The van der Waals surface area contributed by atoms with Gasteiger partial charge in [-0.25, -0.2) is 0 Å². The van der Waals surface area contributed by atoms with Gasteiger partial charge in [0.2, 0.25) is 5.91 Å². The summed E-state index contributed by atoms with van der Waals surface area (Å²) in [5, 5.41) is 2.75. The normalized spacial score (nSPS) is 11.4. The Bertz CT molecular complexity index is 961. The van der Waals surface area contributed by atoms with Gasteiger partial charge in [-0.15, -0.1) is 0 Å². The van der Waals surface area contributed by atoms with Gasteiger partial charge in [-0.3, -0.25) is 9.59 Å². The predicted octanol–water partition coefficient (Wildman–Crippen LogP) is 4.27. The molecule has 6 heteroatoms. The van der Waals surface area contributed by atoms with Crippen LogP contribution in [0.5, 0.6) is 11.5 Å². The van der Waals surface area contributed by atoms with E-state index in [0.29, 0.717) is 17.2 Å². The second-order valence-corrected chi connectivity index (χ2v) is 6.72. The van der Waals surface area contributed by atoms with Gasteiger partial charge in [0, 0.05) is 18.2 Å². The van der Waals surface area contributed by atoms with Crippen molar-refractivity contribution < 1.29 is 19.1 Å². The summed E-state index contributed by atoms with van der Waals surface area (Å²) in [6.45, 7) is 0.204. The Kier molecular flexibility index (Phi) is 7.58. The predicted molar refractivity (Wildman–Crippen MR) is 115 cm³/mol. The average Bonchev–Trinajstić information content (AvgIpc) is 2.77. The first-order valence-corrected chi connectivity index (χ1v) is 9.69. The lowest BCUT2D eigenvalue weighted by molar-refractivity contribution is -0.145. The van der Waals surface area contributed by atoms with Crippen LogP contribution in [0.25, 0.3) is 0 Å². The number of anilines is 1. The lowest BCUT2D eigenvalue weighted by Crippen LogP contribution is -2.36. The van der Waals surface area contributed by atoms with Crippen LogP contribution in [0.1, 0.15) is 18.4 Å². The van der Waals surface area contributed by atoms with Crippen LogP contribution in [0.2, 0.25) is 0 Å². The van der Waals surface area contributed by atoms with Crippen LogP contribution in [0.3, 0.4) is 0 Å². The second-order valence-electron chi connectivity index (χ2n) is 6.72. The first-order valence-electron chi connectivity index (χ1n) is 9.69. The van der Waals surface area contributed by atoms with Crippen LogP contribution in [0.15, 0.2) is 84.9 Å². The van der Waals surface area contributed by atoms with E-state index in [2.05, 4.69) is 5.32 Å². The topological polar surface area (TPSA) is 90.7 Å². The van der Waals surface area contributed by atoms with Gasteiger partial charge < -0.3 is 20.5 Å². The fraction of sp³-hybridized carbons (Fsp3) is 0.167. The van der Waals surface area contributed by atoms with E-state index in [9.17, 15) is 9.59 Å². The maximum Gasteiger partial charge on any atom is 0.306 e. The summed E-state index contributed by atoms with van der Waals surface area (Å²) in [7, 11) is 0. The highest BCUT2D eigenvalue weighted by molar-refractivity contribution is 5.95.